The third kappa shape index (κ3) is 1.36. The van der Waals surface area contributed by atoms with E-state index in [2.05, 4.69) is 0 Å². The van der Waals surface area contributed by atoms with Crippen LogP contribution in [-0.2, 0) is 0 Å². The second-order valence-corrected chi connectivity index (χ2v) is 3.46. The molecule has 0 unspecified atom stereocenters. The Hall–Kier alpha value is -0.490. The van der Waals surface area contributed by atoms with Gasteiger partial charge < -0.3 is 11.5 Å². The number of nitrogen functional groups attached to an aromatic ring is 2. The number of hydrogen-bond donors (Lipinski definition) is 2. The molecule has 0 spiro atoms. The number of halogens is 1. The van der Waals surface area contributed by atoms with E-state index in [1.807, 2.05) is 24.3 Å². The summed E-state index contributed by atoms with van der Waals surface area (Å²) in [6.45, 7) is 0. The highest BCUT2D eigenvalue weighted by molar-refractivity contribution is 14.0. The largest absolute Gasteiger partial charge is 0.396 e. The summed E-state index contributed by atoms with van der Waals surface area (Å²) in [6.07, 6.45) is 0. The minimum absolute atomic E-state index is 0. The third-order valence-corrected chi connectivity index (χ3v) is 2.68. The van der Waals surface area contributed by atoms with E-state index in [9.17, 15) is 0 Å². The Kier molecular flexibility index (Phi) is 2.79. The maximum absolute atomic E-state index is 5.72. The number of benzene rings is 1. The molecule has 1 aromatic carbocycles. The second-order valence-electron chi connectivity index (χ2n) is 2.38. The Morgan fingerprint density at radius 2 is 1.75 bits per heavy atom. The summed E-state index contributed by atoms with van der Waals surface area (Å²) in [7, 11) is 0. The molecule has 0 bridgehead atoms. The van der Waals surface area contributed by atoms with Crippen LogP contribution in [0.4, 0.5) is 10.7 Å². The first-order valence-corrected chi connectivity index (χ1v) is 4.13. The lowest BCUT2D eigenvalue weighted by Crippen LogP contribution is -1.87. The van der Waals surface area contributed by atoms with E-state index in [1.54, 1.807) is 0 Å². The predicted molar refractivity (Wildman–Crippen MR) is 66.1 cm³/mol. The van der Waals surface area contributed by atoms with E-state index in [4.69, 9.17) is 11.5 Å². The SMILES string of the molecule is I.Nc1sc2ccccc2c1N. The highest BCUT2D eigenvalue weighted by Gasteiger charge is 2.03. The third-order valence-electron chi connectivity index (χ3n) is 1.66. The van der Waals surface area contributed by atoms with Crippen molar-refractivity contribution in [2.45, 2.75) is 0 Å². The number of anilines is 2. The molecule has 4 N–H and O–H groups in total. The van der Waals surface area contributed by atoms with E-state index >= 15 is 0 Å². The van der Waals surface area contributed by atoms with Gasteiger partial charge in [0.15, 0.2) is 0 Å². The van der Waals surface area contributed by atoms with Gasteiger partial charge in [-0.2, -0.15) is 0 Å². The summed E-state index contributed by atoms with van der Waals surface area (Å²) in [5.41, 5.74) is 12.1. The number of fused-ring (bicyclic) bond motifs is 1. The lowest BCUT2D eigenvalue weighted by Gasteiger charge is -1.88. The van der Waals surface area contributed by atoms with Gasteiger partial charge in [0.1, 0.15) is 5.00 Å². The van der Waals surface area contributed by atoms with Crippen LogP contribution in [-0.4, -0.2) is 0 Å². The van der Waals surface area contributed by atoms with Crippen LogP contribution < -0.4 is 11.5 Å². The summed E-state index contributed by atoms with van der Waals surface area (Å²) < 4.78 is 1.16. The molecule has 2 nitrogen and oxygen atoms in total. The fourth-order valence-corrected chi connectivity index (χ4v) is 1.98. The Morgan fingerprint density at radius 1 is 1.08 bits per heavy atom. The number of hydrogen-bond acceptors (Lipinski definition) is 3. The lowest BCUT2D eigenvalue weighted by atomic mass is 10.2. The monoisotopic (exact) mass is 292 g/mol. The van der Waals surface area contributed by atoms with E-state index < -0.39 is 0 Å². The fraction of sp³-hybridized carbons (Fsp3) is 0. The highest BCUT2D eigenvalue weighted by atomic mass is 127. The van der Waals surface area contributed by atoms with Crippen LogP contribution in [0.1, 0.15) is 0 Å². The standard InChI is InChI=1S/C8H8N2S.HI/c9-7-5-3-1-2-4-6(5)11-8(7)10;/h1-4H,9-10H2;1H. The molecular formula is C8H9IN2S. The van der Waals surface area contributed by atoms with E-state index in [-0.39, 0.29) is 24.0 Å². The van der Waals surface area contributed by atoms with Gasteiger partial charge in [-0.15, -0.1) is 35.3 Å². The van der Waals surface area contributed by atoms with E-state index in [1.165, 1.54) is 11.3 Å². The molecule has 1 aromatic heterocycles. The van der Waals surface area contributed by atoms with Gasteiger partial charge in [0, 0.05) is 10.1 Å². The first kappa shape index (κ1) is 9.60. The van der Waals surface area contributed by atoms with Gasteiger partial charge in [-0.05, 0) is 6.07 Å². The van der Waals surface area contributed by atoms with Crippen LogP contribution in [0.5, 0.6) is 0 Å². The topological polar surface area (TPSA) is 52.0 Å². The smallest absolute Gasteiger partial charge is 0.110 e. The maximum Gasteiger partial charge on any atom is 0.110 e. The quantitative estimate of drug-likeness (QED) is 0.733. The van der Waals surface area contributed by atoms with Crippen molar-refractivity contribution in [2.24, 2.45) is 0 Å². The minimum Gasteiger partial charge on any atom is -0.396 e. The Bertz CT molecular complexity index is 397. The summed E-state index contributed by atoms with van der Waals surface area (Å²) >= 11 is 1.53. The molecule has 64 valence electrons. The van der Waals surface area contributed by atoms with Gasteiger partial charge in [-0.25, -0.2) is 0 Å². The molecule has 1 heterocycles. The first-order valence-electron chi connectivity index (χ1n) is 3.31. The van der Waals surface area contributed by atoms with Crippen LogP contribution in [0.2, 0.25) is 0 Å². The fourth-order valence-electron chi connectivity index (χ4n) is 1.08. The van der Waals surface area contributed by atoms with Crippen molar-refractivity contribution in [3.05, 3.63) is 24.3 Å². The zero-order valence-corrected chi connectivity index (χ0v) is 9.43. The number of nitrogens with two attached hydrogens (primary N) is 2. The van der Waals surface area contributed by atoms with Crippen LogP contribution in [0.15, 0.2) is 24.3 Å². The molecule has 0 aliphatic heterocycles. The Labute approximate surface area is 91.6 Å². The molecule has 0 saturated heterocycles. The van der Waals surface area contributed by atoms with Gasteiger partial charge in [0.2, 0.25) is 0 Å². The summed E-state index contributed by atoms with van der Waals surface area (Å²) in [6, 6.07) is 7.95. The number of thiophene rings is 1. The van der Waals surface area contributed by atoms with Crippen LogP contribution >= 0.6 is 35.3 Å². The van der Waals surface area contributed by atoms with E-state index in [0.29, 0.717) is 10.7 Å². The summed E-state index contributed by atoms with van der Waals surface area (Å²) in [4.78, 5) is 0. The second kappa shape index (κ2) is 3.49. The van der Waals surface area contributed by atoms with Gasteiger partial charge in [0.05, 0.1) is 5.69 Å². The average molecular weight is 292 g/mol. The van der Waals surface area contributed by atoms with Gasteiger partial charge in [0.25, 0.3) is 0 Å². The average Bonchev–Trinajstić information content (AvgIpc) is 2.30. The Morgan fingerprint density at radius 3 is 2.42 bits per heavy atom. The van der Waals surface area contributed by atoms with Crippen molar-refractivity contribution in [3.63, 3.8) is 0 Å². The van der Waals surface area contributed by atoms with E-state index in [0.717, 1.165) is 10.1 Å². The van der Waals surface area contributed by atoms with Gasteiger partial charge in [-0.1, -0.05) is 18.2 Å². The van der Waals surface area contributed by atoms with Crippen molar-refractivity contribution < 1.29 is 0 Å². The molecule has 0 radical (unpaired) electrons. The van der Waals surface area contributed by atoms with Crippen LogP contribution in [0.3, 0.4) is 0 Å². The molecular weight excluding hydrogens is 283 g/mol. The molecule has 0 saturated carbocycles. The number of rotatable bonds is 0. The van der Waals surface area contributed by atoms with Gasteiger partial charge >= 0.3 is 0 Å². The normalized spacial score (nSPS) is 9.67. The summed E-state index contributed by atoms with van der Waals surface area (Å²) in [5.74, 6) is 0. The highest BCUT2D eigenvalue weighted by Crippen LogP contribution is 2.34. The van der Waals surface area contributed by atoms with Crippen molar-refractivity contribution in [2.75, 3.05) is 11.5 Å². The molecule has 4 heteroatoms. The zero-order valence-electron chi connectivity index (χ0n) is 6.28. The van der Waals surface area contributed by atoms with Crippen molar-refractivity contribution in [3.8, 4) is 0 Å². The molecule has 12 heavy (non-hydrogen) atoms. The van der Waals surface area contributed by atoms with Crippen molar-refractivity contribution in [1.29, 1.82) is 0 Å². The zero-order chi connectivity index (χ0) is 7.84. The van der Waals surface area contributed by atoms with Crippen LogP contribution in [0.25, 0.3) is 10.1 Å². The van der Waals surface area contributed by atoms with Crippen molar-refractivity contribution >= 4 is 56.1 Å². The molecule has 0 aliphatic carbocycles. The molecule has 0 fully saturated rings. The molecule has 2 aromatic rings. The van der Waals surface area contributed by atoms with Crippen LogP contribution in [0, 0.1) is 0 Å². The predicted octanol–water partition coefficient (Wildman–Crippen LogP) is 2.68. The molecule has 0 amide bonds. The maximum atomic E-state index is 5.72. The lowest BCUT2D eigenvalue weighted by molar-refractivity contribution is 1.83. The molecule has 0 atom stereocenters. The molecule has 2 rings (SSSR count). The minimum atomic E-state index is 0. The van der Waals surface area contributed by atoms with Gasteiger partial charge in [-0.3, -0.25) is 0 Å². The molecule has 0 aliphatic rings. The summed E-state index contributed by atoms with van der Waals surface area (Å²) in [5, 5.41) is 1.78. The first-order chi connectivity index (χ1) is 5.29. The Balaban J connectivity index is 0.000000720. The van der Waals surface area contributed by atoms with Crippen molar-refractivity contribution in [1.82, 2.24) is 0 Å².